The van der Waals surface area contributed by atoms with Crippen LogP contribution in [0.25, 0.3) is 0 Å². The molecule has 4 nitrogen and oxygen atoms in total. The van der Waals surface area contributed by atoms with Crippen LogP contribution in [0.15, 0.2) is 42.4 Å². The maximum Gasteiger partial charge on any atom is 0.231 e. The number of piperidine rings is 1. The molecule has 4 rings (SSSR count). The predicted molar refractivity (Wildman–Crippen MR) is 88.2 cm³/mol. The molecule has 1 N–H and O–H groups in total. The normalized spacial score (nSPS) is 38.7. The second-order valence-electron chi connectivity index (χ2n) is 5.13. The van der Waals surface area contributed by atoms with Crippen molar-refractivity contribution < 1.29 is 32.3 Å². The average molecular weight is 339 g/mol. The molecule has 2 heterocycles. The van der Waals surface area contributed by atoms with Crippen molar-refractivity contribution in [3.05, 3.63) is 53.7 Å². The van der Waals surface area contributed by atoms with Gasteiger partial charge in [-0.2, -0.15) is 0 Å². The lowest BCUT2D eigenvalue weighted by Crippen LogP contribution is -2.38. The van der Waals surface area contributed by atoms with E-state index in [1.165, 1.54) is 18.2 Å². The van der Waals surface area contributed by atoms with Crippen LogP contribution >= 0.6 is 0 Å². The molecule has 2 atom stereocenters. The molecule has 1 unspecified atom stereocenters. The van der Waals surface area contributed by atoms with Gasteiger partial charge in [0.05, 0.1) is 12.1 Å². The van der Waals surface area contributed by atoms with E-state index in [4.69, 9.17) is 27.9 Å². The third-order valence-electron chi connectivity index (χ3n) is 3.56. The Balaban J connectivity index is 1.75. The van der Waals surface area contributed by atoms with Gasteiger partial charge in [-0.1, -0.05) is 12.1 Å². The highest BCUT2D eigenvalue weighted by molar-refractivity contribution is 5.46. The summed E-state index contributed by atoms with van der Waals surface area (Å²) in [6, 6.07) is 0.115. The van der Waals surface area contributed by atoms with Crippen molar-refractivity contribution in [1.82, 2.24) is 5.32 Å². The van der Waals surface area contributed by atoms with E-state index in [9.17, 15) is 4.39 Å². The number of nitrogens with one attached hydrogen (secondary N) is 1. The van der Waals surface area contributed by atoms with Crippen molar-refractivity contribution in [3.8, 4) is 17.2 Å². The van der Waals surface area contributed by atoms with E-state index in [1.54, 1.807) is 0 Å². The Labute approximate surface area is 154 Å². The van der Waals surface area contributed by atoms with E-state index < -0.39 is 73.6 Å². The number of hydrogen-bond donors (Lipinski definition) is 1. The standard InChI is InChI=1S/C19H20FNO3/c20-15-3-1-13(2-4-15)17-7-8-21-10-14(17)11-22-16-5-6-18-19(9-16)24-12-23-18/h1-6,9,14,17,21H,7-8,10-12H2/t14?,17-/m0/s1/i1D,2D,3D,4D,7D2,12D2,14D,17D. The van der Waals surface area contributed by atoms with Crippen molar-refractivity contribution in [3.63, 3.8) is 0 Å². The summed E-state index contributed by atoms with van der Waals surface area (Å²) in [5, 5.41) is 2.71. The third kappa shape index (κ3) is 3.17. The molecule has 2 aliphatic rings. The Hall–Kier alpha value is -2.27. The SMILES string of the molecule is [2H]c1c([2H])c([C@]2([2H])C([2H])([2H])CNCC2([2H])COc2ccc3c(c2)OC([2H])([2H])O3)c([2H])c([2H])c1F. The van der Waals surface area contributed by atoms with Crippen LogP contribution in [0.2, 0.25) is 0 Å². The smallest absolute Gasteiger partial charge is 0.231 e. The molecule has 2 aromatic rings. The zero-order chi connectivity index (χ0) is 25.3. The van der Waals surface area contributed by atoms with E-state index in [0.29, 0.717) is 0 Å². The minimum absolute atomic E-state index is 0.0360. The quantitative estimate of drug-likeness (QED) is 0.927. The number of rotatable bonds is 4. The van der Waals surface area contributed by atoms with E-state index in [1.807, 2.05) is 0 Å². The molecule has 0 saturated carbocycles. The van der Waals surface area contributed by atoms with Crippen LogP contribution in [-0.4, -0.2) is 26.4 Å². The van der Waals surface area contributed by atoms with Gasteiger partial charge in [-0.25, -0.2) is 4.39 Å². The molecule has 24 heavy (non-hydrogen) atoms. The summed E-state index contributed by atoms with van der Waals surface area (Å²) in [5.74, 6) is -6.05. The summed E-state index contributed by atoms with van der Waals surface area (Å²) in [6.45, 7) is -3.73. The zero-order valence-corrected chi connectivity index (χ0v) is 12.5. The van der Waals surface area contributed by atoms with Gasteiger partial charge in [-0.05, 0) is 48.6 Å². The van der Waals surface area contributed by atoms with Crippen LogP contribution in [-0.2, 0) is 0 Å². The number of hydrogen-bond acceptors (Lipinski definition) is 4. The molecule has 0 aliphatic carbocycles. The van der Waals surface area contributed by atoms with E-state index in [2.05, 4.69) is 5.32 Å². The Bertz CT molecular complexity index is 1140. The van der Waals surface area contributed by atoms with Crippen molar-refractivity contribution in [2.45, 2.75) is 12.3 Å². The Morgan fingerprint density at radius 3 is 3.00 bits per heavy atom. The van der Waals surface area contributed by atoms with Crippen LogP contribution in [0.4, 0.5) is 4.39 Å². The topological polar surface area (TPSA) is 39.7 Å². The molecule has 0 spiro atoms. The lowest BCUT2D eigenvalue weighted by atomic mass is 9.81. The largest absolute Gasteiger partial charge is 0.493 e. The molecule has 5 heteroatoms. The molecule has 126 valence electrons. The molecule has 0 radical (unpaired) electrons. The lowest BCUT2D eigenvalue weighted by Gasteiger charge is -2.32. The van der Waals surface area contributed by atoms with Crippen LogP contribution in [0, 0.1) is 11.7 Å². The van der Waals surface area contributed by atoms with Crippen molar-refractivity contribution in [2.75, 3.05) is 26.4 Å². The zero-order valence-electron chi connectivity index (χ0n) is 22.5. The molecule has 1 fully saturated rings. The first-order valence-corrected chi connectivity index (χ1v) is 7.25. The second kappa shape index (κ2) is 6.69. The number of halogens is 1. The minimum Gasteiger partial charge on any atom is -0.493 e. The Morgan fingerprint density at radius 1 is 1.29 bits per heavy atom. The second-order valence-corrected chi connectivity index (χ2v) is 5.13. The number of benzene rings is 2. The van der Waals surface area contributed by atoms with Crippen molar-refractivity contribution in [1.29, 1.82) is 0 Å². The molecule has 2 aliphatic heterocycles. The molecular weight excluding hydrogens is 309 g/mol. The summed E-state index contributed by atoms with van der Waals surface area (Å²) in [7, 11) is 0. The fourth-order valence-electron chi connectivity index (χ4n) is 2.41. The van der Waals surface area contributed by atoms with Crippen molar-refractivity contribution >= 4 is 0 Å². The highest BCUT2D eigenvalue weighted by Crippen LogP contribution is 2.36. The lowest BCUT2D eigenvalue weighted by molar-refractivity contribution is 0.173. The number of fused-ring (bicyclic) bond motifs is 1. The van der Waals surface area contributed by atoms with E-state index in [0.717, 1.165) is 0 Å². The highest BCUT2D eigenvalue weighted by Gasteiger charge is 2.27. The van der Waals surface area contributed by atoms with Crippen LogP contribution in [0.5, 0.6) is 17.2 Å². The average Bonchev–Trinajstić information content (AvgIpc) is 3.06. The van der Waals surface area contributed by atoms with E-state index >= 15 is 0 Å². The molecule has 0 bridgehead atoms. The van der Waals surface area contributed by atoms with Gasteiger partial charge in [-0.3, -0.25) is 0 Å². The Kier molecular flexibility index (Phi) is 2.16. The van der Waals surface area contributed by atoms with Gasteiger partial charge in [0.25, 0.3) is 0 Å². The van der Waals surface area contributed by atoms with Crippen LogP contribution < -0.4 is 19.5 Å². The highest BCUT2D eigenvalue weighted by atomic mass is 19.1. The maximum absolute atomic E-state index is 14.1. The maximum atomic E-state index is 14.1. The molecule has 0 aromatic heterocycles. The van der Waals surface area contributed by atoms with Crippen LogP contribution in [0.3, 0.4) is 0 Å². The molecule has 2 aromatic carbocycles. The van der Waals surface area contributed by atoms with Crippen molar-refractivity contribution in [2.24, 2.45) is 5.89 Å². The third-order valence-corrected chi connectivity index (χ3v) is 3.56. The van der Waals surface area contributed by atoms with Gasteiger partial charge >= 0.3 is 0 Å². The fraction of sp³-hybridized carbons (Fsp3) is 0.368. The Morgan fingerprint density at radius 2 is 2.12 bits per heavy atom. The molecule has 0 amide bonds. The number of ether oxygens (including phenoxy) is 3. The summed E-state index contributed by atoms with van der Waals surface area (Å²) in [6.07, 6.45) is -2.57. The molecular formula is C19H20FNO3. The van der Waals surface area contributed by atoms with Crippen LogP contribution in [0.1, 0.15) is 31.5 Å². The predicted octanol–water partition coefficient (Wildman–Crippen LogP) is 3.33. The summed E-state index contributed by atoms with van der Waals surface area (Å²) < 4.78 is 112. The van der Waals surface area contributed by atoms with Gasteiger partial charge in [0.2, 0.25) is 6.75 Å². The minimum atomic E-state index is -2.69. The fourth-order valence-corrected chi connectivity index (χ4v) is 2.41. The first-order chi connectivity index (χ1) is 15.6. The summed E-state index contributed by atoms with van der Waals surface area (Å²) in [5.41, 5.74) is -0.729. The first-order valence-electron chi connectivity index (χ1n) is 12.3. The van der Waals surface area contributed by atoms with Gasteiger partial charge in [0.15, 0.2) is 11.5 Å². The van der Waals surface area contributed by atoms with Gasteiger partial charge in [0, 0.05) is 24.0 Å². The monoisotopic (exact) mass is 339 g/mol. The van der Waals surface area contributed by atoms with Gasteiger partial charge in [0.1, 0.15) is 14.3 Å². The van der Waals surface area contributed by atoms with Gasteiger partial charge in [-0.15, -0.1) is 0 Å². The molecule has 1 saturated heterocycles. The summed E-state index contributed by atoms with van der Waals surface area (Å²) >= 11 is 0. The van der Waals surface area contributed by atoms with Gasteiger partial charge < -0.3 is 19.5 Å². The first kappa shape index (κ1) is 7.74. The van der Waals surface area contributed by atoms with E-state index in [-0.39, 0.29) is 23.8 Å². The summed E-state index contributed by atoms with van der Waals surface area (Å²) in [4.78, 5) is 0.